The molecule has 0 atom stereocenters. The van der Waals surface area contributed by atoms with Crippen LogP contribution in [0.3, 0.4) is 0 Å². The first kappa shape index (κ1) is 24.8. The molecule has 0 saturated carbocycles. The summed E-state index contributed by atoms with van der Waals surface area (Å²) in [4.78, 5) is 23.5. The van der Waals surface area contributed by atoms with Crippen LogP contribution in [-0.2, 0) is 5.41 Å². The molecule has 2 N–H and O–H groups in total. The van der Waals surface area contributed by atoms with E-state index in [-0.39, 0.29) is 11.4 Å². The molecule has 0 spiro atoms. The van der Waals surface area contributed by atoms with Gasteiger partial charge in [-0.05, 0) is 35.2 Å². The Morgan fingerprint density at radius 1 is 0.889 bits per heavy atom. The highest BCUT2D eigenvalue weighted by Gasteiger charge is 2.18. The number of carbonyl (C=O) groups is 1. The highest BCUT2D eigenvalue weighted by Crippen LogP contribution is 2.35. The van der Waals surface area contributed by atoms with Crippen LogP contribution in [-0.4, -0.2) is 37.2 Å². The van der Waals surface area contributed by atoms with Crippen molar-refractivity contribution in [1.29, 1.82) is 0 Å². The van der Waals surface area contributed by atoms with Gasteiger partial charge in [0.1, 0.15) is 11.5 Å². The molecule has 0 aliphatic heterocycles. The summed E-state index contributed by atoms with van der Waals surface area (Å²) in [6, 6.07) is 18.5. The van der Waals surface area contributed by atoms with Crippen molar-refractivity contribution in [2.24, 2.45) is 0 Å². The number of nitrogens with one attached hydrogen (secondary N) is 2. The minimum absolute atomic E-state index is 0.0673. The van der Waals surface area contributed by atoms with Crippen LogP contribution < -0.4 is 25.0 Å². The van der Waals surface area contributed by atoms with Crippen LogP contribution in [0.2, 0.25) is 0 Å². The topological polar surface area (TPSA) is 88.6 Å². The lowest BCUT2D eigenvalue weighted by molar-refractivity contribution is 0.262. The predicted octanol–water partition coefficient (Wildman–Crippen LogP) is 6.44. The molecule has 1 heterocycles. The summed E-state index contributed by atoms with van der Waals surface area (Å²) >= 11 is 0. The van der Waals surface area contributed by atoms with Crippen LogP contribution in [0.15, 0.2) is 66.9 Å². The normalized spacial score (nSPS) is 11.2. The lowest BCUT2D eigenvalue weighted by Gasteiger charge is -2.21. The molecule has 0 fully saturated rings. The van der Waals surface area contributed by atoms with Gasteiger partial charge in [-0.15, -0.1) is 0 Å². The summed E-state index contributed by atoms with van der Waals surface area (Å²) in [6.45, 7) is 6.37. The van der Waals surface area contributed by atoms with Gasteiger partial charge in [-0.2, -0.15) is 4.98 Å². The van der Waals surface area contributed by atoms with Gasteiger partial charge in [0.05, 0.1) is 18.5 Å². The van der Waals surface area contributed by atoms with Crippen molar-refractivity contribution >= 4 is 34.1 Å². The van der Waals surface area contributed by atoms with Crippen LogP contribution in [0.5, 0.6) is 17.4 Å². The minimum atomic E-state index is -0.371. The van der Waals surface area contributed by atoms with Gasteiger partial charge in [0.15, 0.2) is 0 Å². The number of amides is 2. The molecule has 0 aliphatic carbocycles. The number of hydrogen-bond donors (Lipinski definition) is 2. The number of anilines is 3. The molecule has 1 aromatic heterocycles. The predicted molar refractivity (Wildman–Crippen MR) is 145 cm³/mol. The van der Waals surface area contributed by atoms with Crippen LogP contribution in [0.1, 0.15) is 26.3 Å². The Kier molecular flexibility index (Phi) is 6.96. The lowest BCUT2D eigenvalue weighted by Crippen LogP contribution is -2.21. The molecular weight excluding hydrogens is 454 g/mol. The van der Waals surface area contributed by atoms with Gasteiger partial charge in [0.25, 0.3) is 0 Å². The quantitative estimate of drug-likeness (QED) is 0.327. The summed E-state index contributed by atoms with van der Waals surface area (Å²) in [7, 11) is 5.32. The standard InChI is InChI=1S/C28H31N5O3/c1-28(2,3)18-11-13-24(35-6)22(17-18)31-27(34)30-21-12-14-23(20-10-8-7-9-19(20)21)36-25-15-16-29-26(32-25)33(4)5/h7-17H,1-6H3,(H2,30,31,34). The second kappa shape index (κ2) is 10.1. The molecule has 8 heteroatoms. The molecule has 0 aliphatic rings. The number of fused-ring (bicyclic) bond motifs is 1. The van der Waals surface area contributed by atoms with Crippen molar-refractivity contribution in [3.8, 4) is 17.4 Å². The number of benzene rings is 3. The molecule has 4 aromatic rings. The van der Waals surface area contributed by atoms with E-state index in [4.69, 9.17) is 9.47 Å². The SMILES string of the molecule is COc1ccc(C(C)(C)C)cc1NC(=O)Nc1ccc(Oc2ccnc(N(C)C)n2)c2ccccc12. The fourth-order valence-corrected chi connectivity index (χ4v) is 3.73. The molecular formula is C28H31N5O3. The molecule has 3 aromatic carbocycles. The first-order valence-electron chi connectivity index (χ1n) is 11.6. The van der Waals surface area contributed by atoms with Crippen molar-refractivity contribution in [2.45, 2.75) is 26.2 Å². The van der Waals surface area contributed by atoms with Gasteiger partial charge in [-0.25, -0.2) is 9.78 Å². The molecule has 2 amide bonds. The fraction of sp³-hybridized carbons (Fsp3) is 0.250. The highest BCUT2D eigenvalue weighted by molar-refractivity contribution is 6.08. The number of carbonyl (C=O) groups excluding carboxylic acids is 1. The second-order valence-electron chi connectivity index (χ2n) is 9.59. The number of hydrogen-bond acceptors (Lipinski definition) is 6. The first-order chi connectivity index (χ1) is 17.2. The monoisotopic (exact) mass is 485 g/mol. The van der Waals surface area contributed by atoms with E-state index >= 15 is 0 Å². The molecule has 0 saturated heterocycles. The molecule has 0 radical (unpaired) electrons. The van der Waals surface area contributed by atoms with Gasteiger partial charge in [0.2, 0.25) is 11.8 Å². The van der Waals surface area contributed by atoms with E-state index < -0.39 is 0 Å². The van der Waals surface area contributed by atoms with Crippen LogP contribution in [0, 0.1) is 0 Å². The van der Waals surface area contributed by atoms with E-state index in [2.05, 4.69) is 41.4 Å². The Morgan fingerprint density at radius 3 is 2.28 bits per heavy atom. The summed E-state index contributed by atoms with van der Waals surface area (Å²) in [5.41, 5.74) is 2.28. The molecule has 36 heavy (non-hydrogen) atoms. The number of methoxy groups -OCH3 is 1. The van der Waals surface area contributed by atoms with E-state index in [1.165, 1.54) is 0 Å². The van der Waals surface area contributed by atoms with Crippen molar-refractivity contribution < 1.29 is 14.3 Å². The lowest BCUT2D eigenvalue weighted by atomic mass is 9.87. The maximum atomic E-state index is 13.0. The number of nitrogens with zero attached hydrogens (tertiary/aromatic N) is 3. The van der Waals surface area contributed by atoms with Crippen LogP contribution in [0.4, 0.5) is 22.1 Å². The average molecular weight is 486 g/mol. The van der Waals surface area contributed by atoms with E-state index in [9.17, 15) is 4.79 Å². The van der Waals surface area contributed by atoms with E-state index in [1.54, 1.807) is 19.4 Å². The van der Waals surface area contributed by atoms with Crippen molar-refractivity contribution in [3.63, 3.8) is 0 Å². The second-order valence-corrected chi connectivity index (χ2v) is 9.59. The Morgan fingerprint density at radius 2 is 1.58 bits per heavy atom. The summed E-state index contributed by atoms with van der Waals surface area (Å²) < 4.78 is 11.5. The van der Waals surface area contributed by atoms with Gasteiger partial charge in [0, 0.05) is 37.1 Å². The molecule has 8 nitrogen and oxygen atoms in total. The van der Waals surface area contributed by atoms with E-state index in [1.807, 2.05) is 73.6 Å². The van der Waals surface area contributed by atoms with Gasteiger partial charge >= 0.3 is 6.03 Å². The zero-order valence-electron chi connectivity index (χ0n) is 21.4. The maximum Gasteiger partial charge on any atom is 0.323 e. The number of aromatic nitrogens is 2. The first-order valence-corrected chi connectivity index (χ1v) is 11.6. The molecule has 186 valence electrons. The highest BCUT2D eigenvalue weighted by atomic mass is 16.5. The minimum Gasteiger partial charge on any atom is -0.495 e. The Bertz CT molecular complexity index is 1400. The van der Waals surface area contributed by atoms with Crippen LogP contribution in [0.25, 0.3) is 10.8 Å². The van der Waals surface area contributed by atoms with Crippen molar-refractivity contribution in [1.82, 2.24) is 9.97 Å². The molecule has 4 rings (SSSR count). The third kappa shape index (κ3) is 5.49. The fourth-order valence-electron chi connectivity index (χ4n) is 3.73. The Labute approximate surface area is 211 Å². The number of rotatable bonds is 6. The maximum absolute atomic E-state index is 13.0. The van der Waals surface area contributed by atoms with Crippen molar-refractivity contribution in [2.75, 3.05) is 36.7 Å². The van der Waals surface area contributed by atoms with Gasteiger partial charge in [-0.3, -0.25) is 0 Å². The number of ether oxygens (including phenoxy) is 2. The van der Waals surface area contributed by atoms with Crippen molar-refractivity contribution in [3.05, 3.63) is 72.4 Å². The summed E-state index contributed by atoms with van der Waals surface area (Å²) in [5, 5.41) is 7.57. The summed E-state index contributed by atoms with van der Waals surface area (Å²) in [6.07, 6.45) is 1.66. The van der Waals surface area contributed by atoms with E-state index in [0.29, 0.717) is 34.7 Å². The average Bonchev–Trinajstić information content (AvgIpc) is 2.85. The Balaban J connectivity index is 1.60. The smallest absolute Gasteiger partial charge is 0.323 e. The summed E-state index contributed by atoms with van der Waals surface area (Å²) in [5.74, 6) is 2.20. The molecule has 0 unspecified atom stereocenters. The number of urea groups is 1. The van der Waals surface area contributed by atoms with Gasteiger partial charge < -0.3 is 25.0 Å². The third-order valence-corrected chi connectivity index (χ3v) is 5.68. The van der Waals surface area contributed by atoms with Crippen LogP contribution >= 0.6 is 0 Å². The van der Waals surface area contributed by atoms with E-state index in [0.717, 1.165) is 16.3 Å². The zero-order valence-corrected chi connectivity index (χ0v) is 21.4. The van der Waals surface area contributed by atoms with Gasteiger partial charge in [-0.1, -0.05) is 51.1 Å². The Hall–Kier alpha value is -4.33. The zero-order chi connectivity index (χ0) is 25.9. The molecule has 0 bridgehead atoms. The third-order valence-electron chi connectivity index (χ3n) is 5.68. The largest absolute Gasteiger partial charge is 0.495 e.